The highest BCUT2D eigenvalue weighted by molar-refractivity contribution is 7.93. The van der Waals surface area contributed by atoms with Gasteiger partial charge in [-0.15, -0.1) is 10.2 Å². The quantitative estimate of drug-likeness (QED) is 0.344. The number of sulfonamides is 1. The van der Waals surface area contributed by atoms with Crippen molar-refractivity contribution in [3.05, 3.63) is 65.3 Å². The van der Waals surface area contributed by atoms with Crippen LogP contribution in [0.2, 0.25) is 0 Å². The van der Waals surface area contributed by atoms with Gasteiger partial charge in [0.05, 0.1) is 13.2 Å². The number of para-hydroxylation sites is 1. The lowest BCUT2D eigenvalue weighted by Gasteiger charge is -2.22. The van der Waals surface area contributed by atoms with Gasteiger partial charge in [0, 0.05) is 19.5 Å². The Labute approximate surface area is 227 Å². The highest BCUT2D eigenvalue weighted by atomic mass is 32.2. The van der Waals surface area contributed by atoms with Gasteiger partial charge in [-0.2, -0.15) is 8.78 Å². The number of hydrogen-bond donors (Lipinski definition) is 2. The van der Waals surface area contributed by atoms with E-state index in [2.05, 4.69) is 46.1 Å². The molecule has 13 nitrogen and oxygen atoms in total. The summed E-state index contributed by atoms with van der Waals surface area (Å²) in [6.07, 6.45) is 3.31. The molecule has 210 valence electrons. The number of aliphatic imine (C=N–C) groups is 1. The van der Waals surface area contributed by atoms with Crippen LogP contribution in [0.25, 0.3) is 11.4 Å². The predicted molar refractivity (Wildman–Crippen MR) is 138 cm³/mol. The van der Waals surface area contributed by atoms with Crippen LogP contribution in [0, 0.1) is 6.92 Å². The SMILES string of the molecule is COC1=NC(c2nnc(NS(=O)(=O)[C@@H](C)[C@H](OC)c3ncc(C)cn3)n2-c2c(O)cccc2OC(F)F)=C=C=C1. The van der Waals surface area contributed by atoms with Crippen LogP contribution in [0.15, 0.2) is 53.1 Å². The normalized spacial score (nSPS) is 14.5. The maximum Gasteiger partial charge on any atom is 0.387 e. The number of benzene rings is 1. The van der Waals surface area contributed by atoms with Gasteiger partial charge in [0.25, 0.3) is 0 Å². The van der Waals surface area contributed by atoms with E-state index < -0.39 is 51.1 Å². The van der Waals surface area contributed by atoms with Crippen LogP contribution < -0.4 is 9.46 Å². The Morgan fingerprint density at radius 3 is 2.52 bits per heavy atom. The van der Waals surface area contributed by atoms with Crippen LogP contribution >= 0.6 is 0 Å². The van der Waals surface area contributed by atoms with Crippen molar-refractivity contribution in [1.29, 1.82) is 0 Å². The van der Waals surface area contributed by atoms with Crippen LogP contribution in [0.3, 0.4) is 0 Å². The average Bonchev–Trinajstić information content (AvgIpc) is 3.32. The first-order valence-corrected chi connectivity index (χ1v) is 13.0. The molecule has 3 aromatic rings. The summed E-state index contributed by atoms with van der Waals surface area (Å²) in [5, 5.41) is 17.3. The fraction of sp³-hybridized carbons (Fsp3) is 0.292. The number of nitrogens with zero attached hydrogens (tertiary/aromatic N) is 6. The largest absolute Gasteiger partial charge is 0.506 e. The topological polar surface area (TPSA) is 163 Å². The molecule has 16 heteroatoms. The molecule has 1 aliphatic rings. The number of phenolic OH excluding ortho intramolecular Hbond substituents is 1. The lowest BCUT2D eigenvalue weighted by atomic mass is 10.2. The molecular formula is C24H23F2N7O6S. The highest BCUT2D eigenvalue weighted by Gasteiger charge is 2.35. The summed E-state index contributed by atoms with van der Waals surface area (Å²) in [6, 6.07) is 3.60. The van der Waals surface area contributed by atoms with E-state index in [0.717, 1.165) is 16.2 Å². The standard InChI is InChI=1S/C24H23F2N7O6S/c1-13-11-27-21(28-12-13)20(38-4)14(2)40(35,36)32-24-31-30-22(15-7-5-10-18(29-15)37-3)33(24)19-16(34)8-6-9-17(19)39-23(25)26/h6,8-12,14,20,23,34H,1-4H3,(H,31,32)/t14-,20-/m0/s1. The van der Waals surface area contributed by atoms with E-state index >= 15 is 0 Å². The summed E-state index contributed by atoms with van der Waals surface area (Å²) >= 11 is 0. The van der Waals surface area contributed by atoms with Gasteiger partial charge in [-0.25, -0.2) is 23.4 Å². The number of nitrogens with one attached hydrogen (secondary N) is 1. The van der Waals surface area contributed by atoms with Gasteiger partial charge < -0.3 is 19.3 Å². The Kier molecular flexibility index (Phi) is 8.26. The van der Waals surface area contributed by atoms with E-state index in [-0.39, 0.29) is 23.2 Å². The monoisotopic (exact) mass is 575 g/mol. The lowest BCUT2D eigenvalue weighted by Crippen LogP contribution is -2.33. The van der Waals surface area contributed by atoms with Gasteiger partial charge in [-0.05, 0) is 37.3 Å². The number of hydrogen-bond acceptors (Lipinski definition) is 11. The second kappa shape index (κ2) is 11.6. The summed E-state index contributed by atoms with van der Waals surface area (Å²) in [7, 11) is -1.70. The van der Waals surface area contributed by atoms with Crippen molar-refractivity contribution in [3.63, 3.8) is 0 Å². The van der Waals surface area contributed by atoms with Crippen LogP contribution in [0.5, 0.6) is 11.5 Å². The molecule has 2 N–H and O–H groups in total. The van der Waals surface area contributed by atoms with E-state index in [1.54, 1.807) is 6.92 Å². The minimum Gasteiger partial charge on any atom is -0.506 e. The minimum atomic E-state index is -4.36. The molecule has 0 fully saturated rings. The molecular weight excluding hydrogens is 552 g/mol. The molecule has 0 amide bonds. The predicted octanol–water partition coefficient (Wildman–Crippen LogP) is 2.90. The van der Waals surface area contributed by atoms with E-state index in [0.29, 0.717) is 0 Å². The van der Waals surface area contributed by atoms with Crippen molar-refractivity contribution in [2.24, 2.45) is 4.99 Å². The summed E-state index contributed by atoms with van der Waals surface area (Å²) in [5.41, 5.74) is 5.65. The lowest BCUT2D eigenvalue weighted by molar-refractivity contribution is -0.0499. The number of aromatic hydroxyl groups is 1. The van der Waals surface area contributed by atoms with Crippen molar-refractivity contribution in [3.8, 4) is 17.2 Å². The molecule has 0 radical (unpaired) electrons. The first-order valence-electron chi connectivity index (χ1n) is 11.5. The van der Waals surface area contributed by atoms with Crippen molar-refractivity contribution in [2.45, 2.75) is 31.8 Å². The molecule has 0 spiro atoms. The second-order valence-corrected chi connectivity index (χ2v) is 10.3. The maximum absolute atomic E-state index is 13.5. The van der Waals surface area contributed by atoms with Crippen molar-refractivity contribution in [2.75, 3.05) is 18.9 Å². The highest BCUT2D eigenvalue weighted by Crippen LogP contribution is 2.37. The number of phenols is 1. The third kappa shape index (κ3) is 5.84. The zero-order valence-corrected chi connectivity index (χ0v) is 22.3. The number of aryl methyl sites for hydroxylation is 1. The summed E-state index contributed by atoms with van der Waals surface area (Å²) < 4.78 is 71.9. The van der Waals surface area contributed by atoms with Crippen LogP contribution in [-0.4, -0.2) is 70.2 Å². The fourth-order valence-electron chi connectivity index (χ4n) is 3.63. The Morgan fingerprint density at radius 1 is 1.15 bits per heavy atom. The van der Waals surface area contributed by atoms with Crippen LogP contribution in [0.4, 0.5) is 14.7 Å². The van der Waals surface area contributed by atoms with Gasteiger partial charge in [0.2, 0.25) is 21.9 Å². The Balaban J connectivity index is 1.85. The first kappa shape index (κ1) is 28.4. The van der Waals surface area contributed by atoms with Gasteiger partial charge in [0.1, 0.15) is 22.8 Å². The molecule has 2 atom stereocenters. The maximum atomic E-state index is 13.5. The fourth-order valence-corrected chi connectivity index (χ4v) is 4.76. The molecule has 3 heterocycles. The van der Waals surface area contributed by atoms with E-state index in [9.17, 15) is 22.3 Å². The third-order valence-corrected chi connectivity index (χ3v) is 7.26. The van der Waals surface area contributed by atoms with Crippen LogP contribution in [-0.2, 0) is 19.5 Å². The molecule has 0 saturated carbocycles. The Morgan fingerprint density at radius 2 is 1.88 bits per heavy atom. The molecule has 0 saturated heterocycles. The molecule has 1 aliphatic heterocycles. The number of aromatic nitrogens is 5. The summed E-state index contributed by atoms with van der Waals surface area (Å²) in [5.74, 6) is -1.53. The number of ether oxygens (including phenoxy) is 3. The smallest absolute Gasteiger partial charge is 0.387 e. The van der Waals surface area contributed by atoms with Crippen molar-refractivity contribution < 1.29 is 36.5 Å². The molecule has 4 rings (SSSR count). The zero-order chi connectivity index (χ0) is 29.0. The average molecular weight is 576 g/mol. The Hall–Kier alpha value is -4.62. The third-order valence-electron chi connectivity index (χ3n) is 5.57. The summed E-state index contributed by atoms with van der Waals surface area (Å²) in [4.78, 5) is 12.5. The Bertz CT molecular complexity index is 1640. The molecule has 0 bridgehead atoms. The molecule has 0 aliphatic carbocycles. The molecule has 1 aromatic carbocycles. The van der Waals surface area contributed by atoms with Gasteiger partial charge in [-0.3, -0.25) is 9.29 Å². The van der Waals surface area contributed by atoms with Crippen molar-refractivity contribution in [1.82, 2.24) is 24.7 Å². The van der Waals surface area contributed by atoms with Crippen molar-refractivity contribution >= 4 is 27.6 Å². The van der Waals surface area contributed by atoms with E-state index in [4.69, 9.17) is 9.47 Å². The van der Waals surface area contributed by atoms with E-state index in [1.165, 1.54) is 51.7 Å². The number of alkyl halides is 2. The zero-order valence-electron chi connectivity index (χ0n) is 21.5. The number of rotatable bonds is 10. The van der Waals surface area contributed by atoms with Gasteiger partial charge in [-0.1, -0.05) is 11.8 Å². The van der Waals surface area contributed by atoms with E-state index in [1.807, 2.05) is 0 Å². The second-order valence-electron chi connectivity index (χ2n) is 8.23. The number of methoxy groups -OCH3 is 2. The van der Waals surface area contributed by atoms with Crippen LogP contribution in [0.1, 0.15) is 30.2 Å². The minimum absolute atomic E-state index is 0.0561. The molecule has 40 heavy (non-hydrogen) atoms. The van der Waals surface area contributed by atoms with Gasteiger partial charge in [0.15, 0.2) is 23.1 Å². The molecule has 2 aromatic heterocycles. The first-order chi connectivity index (χ1) is 19.1. The van der Waals surface area contributed by atoms with Gasteiger partial charge >= 0.3 is 6.61 Å². The molecule has 0 unspecified atom stereocenters. The number of halogens is 2. The summed E-state index contributed by atoms with van der Waals surface area (Å²) in [6.45, 7) is -0.138. The number of anilines is 1.